The van der Waals surface area contributed by atoms with Crippen molar-refractivity contribution in [2.75, 3.05) is 26.2 Å². The molecule has 18 heavy (non-hydrogen) atoms. The predicted octanol–water partition coefficient (Wildman–Crippen LogP) is 3.61. The molecule has 0 spiro atoms. The van der Waals surface area contributed by atoms with E-state index in [1.54, 1.807) is 11.3 Å². The van der Waals surface area contributed by atoms with E-state index in [9.17, 15) is 0 Å². The maximum atomic E-state index is 5.91. The van der Waals surface area contributed by atoms with Crippen molar-refractivity contribution in [1.29, 1.82) is 0 Å². The molecule has 1 N–H and O–H groups in total. The van der Waals surface area contributed by atoms with Crippen molar-refractivity contribution in [3.05, 3.63) is 21.3 Å². The van der Waals surface area contributed by atoms with Crippen LogP contribution in [0.25, 0.3) is 0 Å². The Morgan fingerprint density at radius 1 is 1.39 bits per heavy atom. The highest BCUT2D eigenvalue weighted by Crippen LogP contribution is 2.29. The quantitative estimate of drug-likeness (QED) is 0.698. The van der Waals surface area contributed by atoms with Gasteiger partial charge in [-0.05, 0) is 43.9 Å². The SMILES string of the molecule is CCCN(CCNCc1ccc(Cl)s1)CC1CC1. The van der Waals surface area contributed by atoms with Crippen LogP contribution in [0.15, 0.2) is 12.1 Å². The minimum atomic E-state index is 0.883. The molecule has 4 heteroatoms. The Balaban J connectivity index is 1.60. The van der Waals surface area contributed by atoms with Crippen LogP contribution in [0.3, 0.4) is 0 Å². The fraction of sp³-hybridized carbons (Fsp3) is 0.714. The topological polar surface area (TPSA) is 15.3 Å². The first-order valence-electron chi connectivity index (χ1n) is 6.95. The summed E-state index contributed by atoms with van der Waals surface area (Å²) < 4.78 is 0.883. The first-order valence-corrected chi connectivity index (χ1v) is 8.14. The molecule has 1 aromatic rings. The van der Waals surface area contributed by atoms with Gasteiger partial charge in [0, 0.05) is 31.1 Å². The molecule has 1 saturated carbocycles. The number of halogens is 1. The molecule has 0 atom stereocenters. The maximum absolute atomic E-state index is 5.91. The summed E-state index contributed by atoms with van der Waals surface area (Å²) >= 11 is 7.58. The van der Waals surface area contributed by atoms with Crippen LogP contribution in [0.4, 0.5) is 0 Å². The van der Waals surface area contributed by atoms with Gasteiger partial charge in [-0.15, -0.1) is 11.3 Å². The van der Waals surface area contributed by atoms with E-state index in [4.69, 9.17) is 11.6 Å². The van der Waals surface area contributed by atoms with Crippen molar-refractivity contribution in [1.82, 2.24) is 10.2 Å². The van der Waals surface area contributed by atoms with E-state index in [-0.39, 0.29) is 0 Å². The van der Waals surface area contributed by atoms with Crippen LogP contribution in [0.5, 0.6) is 0 Å². The Morgan fingerprint density at radius 3 is 2.83 bits per heavy atom. The lowest BCUT2D eigenvalue weighted by Crippen LogP contribution is -2.34. The van der Waals surface area contributed by atoms with Gasteiger partial charge in [-0.25, -0.2) is 0 Å². The van der Waals surface area contributed by atoms with Crippen molar-refractivity contribution in [3.8, 4) is 0 Å². The minimum Gasteiger partial charge on any atom is -0.311 e. The standard InChI is InChI=1S/C14H23ClN2S/c1-2-8-17(11-12-3-4-12)9-7-16-10-13-5-6-14(15)18-13/h5-6,12,16H,2-4,7-11H2,1H3. The van der Waals surface area contributed by atoms with Crippen LogP contribution in [0, 0.1) is 5.92 Å². The Kier molecular flexibility index (Phi) is 5.96. The van der Waals surface area contributed by atoms with E-state index in [1.165, 1.54) is 43.8 Å². The second kappa shape index (κ2) is 7.49. The van der Waals surface area contributed by atoms with E-state index < -0.39 is 0 Å². The summed E-state index contributed by atoms with van der Waals surface area (Å²) in [5.74, 6) is 0.993. The molecule has 1 aliphatic rings. The van der Waals surface area contributed by atoms with Gasteiger partial charge in [0.25, 0.3) is 0 Å². The monoisotopic (exact) mass is 286 g/mol. The molecule has 2 nitrogen and oxygen atoms in total. The van der Waals surface area contributed by atoms with Crippen molar-refractivity contribution in [2.45, 2.75) is 32.7 Å². The zero-order chi connectivity index (χ0) is 12.8. The van der Waals surface area contributed by atoms with Crippen molar-refractivity contribution in [3.63, 3.8) is 0 Å². The van der Waals surface area contributed by atoms with Crippen LogP contribution < -0.4 is 5.32 Å². The molecule has 1 fully saturated rings. The first kappa shape index (κ1) is 14.3. The average molecular weight is 287 g/mol. The van der Waals surface area contributed by atoms with Crippen LogP contribution in [0.1, 0.15) is 31.1 Å². The second-order valence-corrected chi connectivity index (χ2v) is 6.93. The number of nitrogens with one attached hydrogen (secondary N) is 1. The molecule has 2 rings (SSSR count). The van der Waals surface area contributed by atoms with Crippen molar-refractivity contribution < 1.29 is 0 Å². The van der Waals surface area contributed by atoms with Crippen LogP contribution in [-0.4, -0.2) is 31.1 Å². The van der Waals surface area contributed by atoms with Crippen molar-refractivity contribution in [2.24, 2.45) is 5.92 Å². The van der Waals surface area contributed by atoms with Gasteiger partial charge in [0.15, 0.2) is 0 Å². The van der Waals surface area contributed by atoms with Gasteiger partial charge < -0.3 is 10.2 Å². The van der Waals surface area contributed by atoms with E-state index in [0.717, 1.165) is 23.3 Å². The summed E-state index contributed by atoms with van der Waals surface area (Å²) in [6, 6.07) is 4.08. The molecule has 0 bridgehead atoms. The molecular formula is C14H23ClN2S. The molecule has 0 amide bonds. The van der Waals surface area contributed by atoms with Crippen LogP contribution >= 0.6 is 22.9 Å². The normalized spacial score (nSPS) is 15.5. The first-order chi connectivity index (χ1) is 8.78. The molecule has 0 saturated heterocycles. The number of hydrogen-bond acceptors (Lipinski definition) is 3. The Bertz CT molecular complexity index is 349. The molecule has 0 aromatic carbocycles. The van der Waals surface area contributed by atoms with E-state index >= 15 is 0 Å². The fourth-order valence-corrected chi connectivity index (χ4v) is 3.23. The minimum absolute atomic E-state index is 0.883. The number of rotatable bonds is 9. The number of hydrogen-bond donors (Lipinski definition) is 1. The van der Waals surface area contributed by atoms with E-state index in [1.807, 2.05) is 6.07 Å². The lowest BCUT2D eigenvalue weighted by Gasteiger charge is -2.21. The Morgan fingerprint density at radius 2 is 2.22 bits per heavy atom. The highest BCUT2D eigenvalue weighted by molar-refractivity contribution is 7.16. The smallest absolute Gasteiger partial charge is 0.0931 e. The van der Waals surface area contributed by atoms with Gasteiger partial charge >= 0.3 is 0 Å². The second-order valence-electron chi connectivity index (χ2n) is 5.13. The third-order valence-corrected chi connectivity index (χ3v) is 4.52. The van der Waals surface area contributed by atoms with Gasteiger partial charge in [0.1, 0.15) is 0 Å². The van der Waals surface area contributed by atoms with Gasteiger partial charge in [-0.3, -0.25) is 0 Å². The Labute approximate surface area is 119 Å². The van der Waals surface area contributed by atoms with E-state index in [0.29, 0.717) is 0 Å². The molecular weight excluding hydrogens is 264 g/mol. The summed E-state index contributed by atoms with van der Waals surface area (Å²) in [7, 11) is 0. The molecule has 102 valence electrons. The van der Waals surface area contributed by atoms with Gasteiger partial charge in [-0.1, -0.05) is 18.5 Å². The molecule has 1 heterocycles. The lowest BCUT2D eigenvalue weighted by atomic mass is 10.3. The predicted molar refractivity (Wildman–Crippen MR) is 80.5 cm³/mol. The zero-order valence-electron chi connectivity index (χ0n) is 11.1. The van der Waals surface area contributed by atoms with E-state index in [2.05, 4.69) is 23.2 Å². The van der Waals surface area contributed by atoms with Crippen LogP contribution in [0.2, 0.25) is 4.34 Å². The van der Waals surface area contributed by atoms with Gasteiger partial charge in [-0.2, -0.15) is 0 Å². The molecule has 1 aliphatic carbocycles. The lowest BCUT2D eigenvalue weighted by molar-refractivity contribution is 0.263. The summed E-state index contributed by atoms with van der Waals surface area (Å²) in [4.78, 5) is 3.93. The molecule has 0 aliphatic heterocycles. The summed E-state index contributed by atoms with van der Waals surface area (Å²) in [6.45, 7) is 8.00. The number of thiophene rings is 1. The van der Waals surface area contributed by atoms with Gasteiger partial charge in [0.2, 0.25) is 0 Å². The zero-order valence-corrected chi connectivity index (χ0v) is 12.7. The highest BCUT2D eigenvalue weighted by atomic mass is 35.5. The Hall–Kier alpha value is -0.0900. The third kappa shape index (κ3) is 5.27. The fourth-order valence-electron chi connectivity index (χ4n) is 2.17. The highest BCUT2D eigenvalue weighted by Gasteiger charge is 2.23. The largest absolute Gasteiger partial charge is 0.311 e. The number of nitrogens with zero attached hydrogens (tertiary/aromatic N) is 1. The maximum Gasteiger partial charge on any atom is 0.0931 e. The summed E-state index contributed by atoms with van der Waals surface area (Å²) in [5, 5.41) is 3.51. The average Bonchev–Trinajstić information content (AvgIpc) is 3.06. The molecule has 0 unspecified atom stereocenters. The van der Waals surface area contributed by atoms with Crippen LogP contribution in [-0.2, 0) is 6.54 Å². The third-order valence-electron chi connectivity index (χ3n) is 3.29. The molecule has 1 aromatic heterocycles. The molecule has 0 radical (unpaired) electrons. The van der Waals surface area contributed by atoms with Crippen molar-refractivity contribution >= 4 is 22.9 Å². The summed E-state index contributed by atoms with van der Waals surface area (Å²) in [5.41, 5.74) is 0. The van der Waals surface area contributed by atoms with Gasteiger partial charge in [0.05, 0.1) is 4.34 Å². The summed E-state index contributed by atoms with van der Waals surface area (Å²) in [6.07, 6.45) is 4.15.